The van der Waals surface area contributed by atoms with Crippen LogP contribution < -0.4 is 5.32 Å². The summed E-state index contributed by atoms with van der Waals surface area (Å²) in [6.45, 7) is 0.954. The maximum atomic E-state index is 13.8. The number of fused-ring (bicyclic) bond motifs is 1. The van der Waals surface area contributed by atoms with E-state index >= 15 is 0 Å². The molecule has 0 spiro atoms. The average Bonchev–Trinajstić information content (AvgIpc) is 3.15. The van der Waals surface area contributed by atoms with Gasteiger partial charge in [-0.05, 0) is 56.1 Å². The molecule has 0 saturated carbocycles. The Kier molecular flexibility index (Phi) is 9.15. The minimum Gasteiger partial charge on any atom is -0.468 e. The summed E-state index contributed by atoms with van der Waals surface area (Å²) in [7, 11) is 1.41. The molecule has 1 N–H and O–H groups in total. The summed E-state index contributed by atoms with van der Waals surface area (Å²) < 4.78 is 5.30. The van der Waals surface area contributed by atoms with Crippen molar-refractivity contribution in [2.45, 2.75) is 64.3 Å². The molecule has 1 aliphatic carbocycles. The lowest BCUT2D eigenvalue weighted by Gasteiger charge is -2.46. The molecule has 2 atom stereocenters. The van der Waals surface area contributed by atoms with Crippen LogP contribution in [0.3, 0.4) is 0 Å². The zero-order chi connectivity index (χ0) is 26.1. The minimum absolute atomic E-state index is 0.0782. The van der Waals surface area contributed by atoms with Crippen LogP contribution in [0.15, 0.2) is 72.4 Å². The van der Waals surface area contributed by atoms with Crippen LogP contribution in [0, 0.1) is 11.3 Å². The van der Waals surface area contributed by atoms with E-state index in [1.165, 1.54) is 12.7 Å². The summed E-state index contributed by atoms with van der Waals surface area (Å²) >= 11 is 0. The van der Waals surface area contributed by atoms with Crippen molar-refractivity contribution in [2.75, 3.05) is 13.7 Å². The molecular weight excluding hydrogens is 464 g/mol. The van der Waals surface area contributed by atoms with E-state index in [4.69, 9.17) is 4.74 Å². The van der Waals surface area contributed by atoms with Crippen LogP contribution in [0.1, 0.15) is 62.5 Å². The first-order valence-electron chi connectivity index (χ1n) is 13.5. The first kappa shape index (κ1) is 26.6. The number of benzene rings is 2. The summed E-state index contributed by atoms with van der Waals surface area (Å²) in [5, 5.41) is 3.00. The number of carbonyl (C=O) groups is 3. The quantitative estimate of drug-likeness (QED) is 0.359. The second-order valence-electron chi connectivity index (χ2n) is 10.2. The van der Waals surface area contributed by atoms with Crippen LogP contribution >= 0.6 is 0 Å². The SMILES string of the molecule is COC(=O)[C@]12CCCCC=C1N(Cc1ccccc1)C(=O)[C@H](CC(=O)NCCCCc1ccccc1)C2. The number of unbranched alkanes of at least 4 members (excludes halogenated alkanes) is 1. The van der Waals surface area contributed by atoms with Gasteiger partial charge < -0.3 is 15.0 Å². The fraction of sp³-hybridized carbons (Fsp3) is 0.452. The fourth-order valence-corrected chi connectivity index (χ4v) is 5.75. The van der Waals surface area contributed by atoms with Gasteiger partial charge in [-0.2, -0.15) is 0 Å². The van der Waals surface area contributed by atoms with Crippen LogP contribution in [-0.2, 0) is 32.1 Å². The van der Waals surface area contributed by atoms with Crippen molar-refractivity contribution >= 4 is 17.8 Å². The summed E-state index contributed by atoms with van der Waals surface area (Å²) in [6, 6.07) is 20.1. The molecule has 6 nitrogen and oxygen atoms in total. The van der Waals surface area contributed by atoms with Crippen molar-refractivity contribution < 1.29 is 19.1 Å². The van der Waals surface area contributed by atoms with Crippen molar-refractivity contribution in [3.63, 3.8) is 0 Å². The highest BCUT2D eigenvalue weighted by Gasteiger charge is 2.53. The lowest BCUT2D eigenvalue weighted by atomic mass is 9.69. The third-order valence-electron chi connectivity index (χ3n) is 7.64. The number of ether oxygens (including phenoxy) is 1. The van der Waals surface area contributed by atoms with Gasteiger partial charge in [0.05, 0.1) is 13.7 Å². The maximum Gasteiger partial charge on any atom is 0.317 e. The molecule has 0 unspecified atom stereocenters. The number of hydrogen-bond acceptors (Lipinski definition) is 4. The summed E-state index contributed by atoms with van der Waals surface area (Å²) in [4.78, 5) is 41.7. The van der Waals surface area contributed by atoms with Gasteiger partial charge in [0.15, 0.2) is 0 Å². The molecule has 1 fully saturated rings. The number of piperidine rings is 1. The Hall–Kier alpha value is -3.41. The number of nitrogens with zero attached hydrogens (tertiary/aromatic N) is 1. The number of carbonyl (C=O) groups excluding carboxylic acids is 3. The molecule has 1 saturated heterocycles. The largest absolute Gasteiger partial charge is 0.468 e. The summed E-state index contributed by atoms with van der Waals surface area (Å²) in [6.07, 6.45) is 8.56. The van der Waals surface area contributed by atoms with Crippen LogP contribution in [0.25, 0.3) is 0 Å². The second kappa shape index (κ2) is 12.7. The number of esters is 1. The first-order valence-corrected chi connectivity index (χ1v) is 13.5. The standard InChI is InChI=1S/C31H38N2O4/c1-37-30(36)31-19-11-4-9-18-27(31)33(23-25-16-7-3-8-17-25)29(35)26(22-31)21-28(34)32-20-12-10-15-24-13-5-2-6-14-24/h2-3,5-8,13-14,16-18,26H,4,9-12,15,19-23H2,1H3,(H,32,34)/t26-,31+/m1/s1. The topological polar surface area (TPSA) is 75.7 Å². The van der Waals surface area contributed by atoms with Crippen molar-refractivity contribution in [2.24, 2.45) is 11.3 Å². The van der Waals surface area contributed by atoms with Gasteiger partial charge in [0.25, 0.3) is 0 Å². The van der Waals surface area contributed by atoms with Crippen molar-refractivity contribution in [3.05, 3.63) is 83.6 Å². The molecule has 1 heterocycles. The zero-order valence-electron chi connectivity index (χ0n) is 21.8. The Bertz CT molecular complexity index is 1100. The lowest BCUT2D eigenvalue weighted by molar-refractivity contribution is -0.160. The Balaban J connectivity index is 1.45. The third kappa shape index (κ3) is 6.48. The van der Waals surface area contributed by atoms with Gasteiger partial charge in [-0.3, -0.25) is 14.4 Å². The Labute approximate surface area is 220 Å². The number of likely N-dealkylation sites (tertiary alicyclic amines) is 1. The normalized spacial score (nSPS) is 21.4. The number of amides is 2. The molecule has 2 aromatic carbocycles. The van der Waals surface area contributed by atoms with Gasteiger partial charge in [-0.25, -0.2) is 0 Å². The Morgan fingerprint density at radius 3 is 2.41 bits per heavy atom. The summed E-state index contributed by atoms with van der Waals surface area (Å²) in [5.74, 6) is -1.10. The van der Waals surface area contributed by atoms with Gasteiger partial charge in [0, 0.05) is 24.6 Å². The van der Waals surface area contributed by atoms with Gasteiger partial charge >= 0.3 is 5.97 Å². The summed E-state index contributed by atoms with van der Waals surface area (Å²) in [5.41, 5.74) is 2.14. The number of methoxy groups -OCH3 is 1. The highest BCUT2D eigenvalue weighted by atomic mass is 16.5. The molecule has 196 valence electrons. The fourth-order valence-electron chi connectivity index (χ4n) is 5.75. The highest BCUT2D eigenvalue weighted by Crippen LogP contribution is 2.49. The zero-order valence-corrected chi connectivity index (χ0v) is 21.8. The van der Waals surface area contributed by atoms with Crippen molar-refractivity contribution in [3.8, 4) is 0 Å². The molecule has 1 aliphatic heterocycles. The second-order valence-corrected chi connectivity index (χ2v) is 10.2. The van der Waals surface area contributed by atoms with Crippen LogP contribution in [-0.4, -0.2) is 36.3 Å². The van der Waals surface area contributed by atoms with E-state index in [0.29, 0.717) is 25.9 Å². The van der Waals surface area contributed by atoms with Crippen LogP contribution in [0.4, 0.5) is 0 Å². The van der Waals surface area contributed by atoms with Crippen molar-refractivity contribution in [1.29, 1.82) is 0 Å². The molecule has 6 heteroatoms. The third-order valence-corrected chi connectivity index (χ3v) is 7.64. The van der Waals surface area contributed by atoms with E-state index in [1.807, 2.05) is 54.6 Å². The van der Waals surface area contributed by atoms with E-state index in [2.05, 4.69) is 17.4 Å². The number of nitrogens with one attached hydrogen (secondary N) is 1. The monoisotopic (exact) mass is 502 g/mol. The Morgan fingerprint density at radius 1 is 1.00 bits per heavy atom. The van der Waals surface area contributed by atoms with E-state index in [9.17, 15) is 14.4 Å². The molecule has 2 aromatic rings. The molecule has 0 aromatic heterocycles. The van der Waals surface area contributed by atoms with Crippen LogP contribution in [0.5, 0.6) is 0 Å². The van der Waals surface area contributed by atoms with Gasteiger partial charge in [-0.1, -0.05) is 73.2 Å². The molecule has 2 aliphatic rings. The van der Waals surface area contributed by atoms with Crippen molar-refractivity contribution in [1.82, 2.24) is 10.2 Å². The highest BCUT2D eigenvalue weighted by molar-refractivity contribution is 5.92. The molecule has 37 heavy (non-hydrogen) atoms. The number of aryl methyl sites for hydroxylation is 1. The molecule has 4 rings (SSSR count). The van der Waals surface area contributed by atoms with E-state index < -0.39 is 11.3 Å². The van der Waals surface area contributed by atoms with E-state index in [0.717, 1.165) is 49.8 Å². The average molecular weight is 503 g/mol. The molecule has 2 amide bonds. The smallest absolute Gasteiger partial charge is 0.317 e. The maximum absolute atomic E-state index is 13.8. The number of hydrogen-bond donors (Lipinski definition) is 1. The number of allylic oxidation sites excluding steroid dienone is 1. The predicted octanol–water partition coefficient (Wildman–Crippen LogP) is 5.18. The molecule has 0 bridgehead atoms. The molecule has 0 radical (unpaired) electrons. The van der Waals surface area contributed by atoms with Gasteiger partial charge in [-0.15, -0.1) is 0 Å². The Morgan fingerprint density at radius 2 is 1.70 bits per heavy atom. The van der Waals surface area contributed by atoms with E-state index in [1.54, 1.807) is 4.90 Å². The number of rotatable bonds is 10. The van der Waals surface area contributed by atoms with Gasteiger partial charge in [0.1, 0.15) is 5.41 Å². The first-order chi connectivity index (χ1) is 18.0. The molecular formula is C31H38N2O4. The van der Waals surface area contributed by atoms with Crippen LogP contribution in [0.2, 0.25) is 0 Å². The van der Waals surface area contributed by atoms with Gasteiger partial charge in [0.2, 0.25) is 11.8 Å². The lowest BCUT2D eigenvalue weighted by Crippen LogP contribution is -2.53. The minimum atomic E-state index is -0.894. The predicted molar refractivity (Wildman–Crippen MR) is 143 cm³/mol. The van der Waals surface area contributed by atoms with E-state index in [-0.39, 0.29) is 24.2 Å².